The fourth-order valence-electron chi connectivity index (χ4n) is 2.31. The first kappa shape index (κ1) is 16.0. The summed E-state index contributed by atoms with van der Waals surface area (Å²) in [6.07, 6.45) is 7.42. The van der Waals surface area contributed by atoms with Gasteiger partial charge in [0.2, 0.25) is 0 Å². The summed E-state index contributed by atoms with van der Waals surface area (Å²) in [6.45, 7) is 11.3. The predicted octanol–water partition coefficient (Wildman–Crippen LogP) is 4.64. The molecule has 0 spiro atoms. The van der Waals surface area contributed by atoms with E-state index >= 15 is 0 Å². The van der Waals surface area contributed by atoms with Crippen molar-refractivity contribution in [2.24, 2.45) is 17.8 Å². The zero-order chi connectivity index (χ0) is 12.6. The summed E-state index contributed by atoms with van der Waals surface area (Å²) in [7, 11) is 0. The van der Waals surface area contributed by atoms with E-state index in [1.807, 2.05) is 6.92 Å². The Balaban J connectivity index is 3.77. The maximum atomic E-state index is 9.29. The quantitative estimate of drug-likeness (QED) is 0.570. The lowest BCUT2D eigenvalue weighted by Crippen LogP contribution is -2.18. The minimum absolute atomic E-state index is 0.134. The molecule has 0 aliphatic rings. The molecule has 1 N–H and O–H groups in total. The molecular weight excluding hydrogens is 196 g/mol. The summed E-state index contributed by atoms with van der Waals surface area (Å²) >= 11 is 0. The van der Waals surface area contributed by atoms with Crippen LogP contribution < -0.4 is 0 Å². The Labute approximate surface area is 103 Å². The Morgan fingerprint density at radius 3 is 1.88 bits per heavy atom. The van der Waals surface area contributed by atoms with Crippen LogP contribution in [0.15, 0.2) is 0 Å². The highest BCUT2D eigenvalue weighted by Gasteiger charge is 2.18. The highest BCUT2D eigenvalue weighted by molar-refractivity contribution is 4.69. The van der Waals surface area contributed by atoms with Crippen LogP contribution in [0.25, 0.3) is 0 Å². The molecule has 0 aromatic rings. The summed E-state index contributed by atoms with van der Waals surface area (Å²) in [4.78, 5) is 0. The maximum absolute atomic E-state index is 9.29. The van der Waals surface area contributed by atoms with Crippen molar-refractivity contribution in [2.45, 2.75) is 79.2 Å². The summed E-state index contributed by atoms with van der Waals surface area (Å²) in [6, 6.07) is 0. The van der Waals surface area contributed by atoms with Crippen molar-refractivity contribution in [3.63, 3.8) is 0 Å². The Hall–Kier alpha value is -0.0400. The Morgan fingerprint density at radius 2 is 1.38 bits per heavy atom. The third-order valence-electron chi connectivity index (χ3n) is 4.10. The van der Waals surface area contributed by atoms with Gasteiger partial charge in [-0.1, -0.05) is 53.4 Å². The molecule has 0 bridgehead atoms. The maximum Gasteiger partial charge on any atom is 0.0512 e. The number of aliphatic hydroxyl groups is 1. The van der Waals surface area contributed by atoms with E-state index in [-0.39, 0.29) is 6.10 Å². The third-order valence-corrected chi connectivity index (χ3v) is 4.10. The van der Waals surface area contributed by atoms with Gasteiger partial charge in [-0.3, -0.25) is 0 Å². The molecule has 0 saturated heterocycles. The molecule has 16 heavy (non-hydrogen) atoms. The van der Waals surface area contributed by atoms with Crippen molar-refractivity contribution in [1.29, 1.82) is 0 Å². The van der Waals surface area contributed by atoms with Crippen LogP contribution in [-0.2, 0) is 0 Å². The lowest BCUT2D eigenvalue weighted by Gasteiger charge is -2.26. The van der Waals surface area contributed by atoms with Gasteiger partial charge in [-0.25, -0.2) is 0 Å². The summed E-state index contributed by atoms with van der Waals surface area (Å²) < 4.78 is 0. The van der Waals surface area contributed by atoms with Gasteiger partial charge in [-0.2, -0.15) is 0 Å². The number of rotatable bonds is 9. The standard InChI is InChI=1S/C15H32O/c1-6-7-8-9-12(2)15(5)13(3)10-11-14(4)16/h12-16H,6-11H2,1-5H3. The molecule has 0 saturated carbocycles. The van der Waals surface area contributed by atoms with E-state index in [0.29, 0.717) is 0 Å². The second-order valence-electron chi connectivity index (χ2n) is 5.74. The van der Waals surface area contributed by atoms with Crippen LogP contribution >= 0.6 is 0 Å². The second-order valence-corrected chi connectivity index (χ2v) is 5.74. The van der Waals surface area contributed by atoms with Gasteiger partial charge < -0.3 is 5.11 Å². The number of aliphatic hydroxyl groups excluding tert-OH is 1. The lowest BCUT2D eigenvalue weighted by atomic mass is 9.80. The Morgan fingerprint density at radius 1 is 0.812 bits per heavy atom. The molecule has 0 fully saturated rings. The SMILES string of the molecule is CCCCCC(C)C(C)C(C)CCC(C)O. The van der Waals surface area contributed by atoms with Gasteiger partial charge in [-0.15, -0.1) is 0 Å². The zero-order valence-corrected chi connectivity index (χ0v) is 12.0. The van der Waals surface area contributed by atoms with Gasteiger partial charge in [0.05, 0.1) is 6.10 Å². The van der Waals surface area contributed by atoms with Gasteiger partial charge in [0.15, 0.2) is 0 Å². The minimum atomic E-state index is -0.134. The molecule has 4 unspecified atom stereocenters. The average molecular weight is 228 g/mol. The highest BCUT2D eigenvalue weighted by atomic mass is 16.3. The van der Waals surface area contributed by atoms with Gasteiger partial charge in [-0.05, 0) is 37.5 Å². The van der Waals surface area contributed by atoms with Crippen LogP contribution in [0, 0.1) is 17.8 Å². The molecule has 98 valence electrons. The zero-order valence-electron chi connectivity index (χ0n) is 12.0. The smallest absolute Gasteiger partial charge is 0.0512 e. The van der Waals surface area contributed by atoms with E-state index in [4.69, 9.17) is 0 Å². The van der Waals surface area contributed by atoms with Crippen molar-refractivity contribution in [2.75, 3.05) is 0 Å². The predicted molar refractivity (Wildman–Crippen MR) is 72.5 cm³/mol. The molecule has 0 amide bonds. The van der Waals surface area contributed by atoms with Crippen molar-refractivity contribution in [3.8, 4) is 0 Å². The normalized spacial score (nSPS) is 19.1. The highest BCUT2D eigenvalue weighted by Crippen LogP contribution is 2.28. The van der Waals surface area contributed by atoms with E-state index < -0.39 is 0 Å². The van der Waals surface area contributed by atoms with Crippen LogP contribution in [-0.4, -0.2) is 11.2 Å². The molecule has 0 rings (SSSR count). The van der Waals surface area contributed by atoms with Crippen molar-refractivity contribution in [1.82, 2.24) is 0 Å². The largest absolute Gasteiger partial charge is 0.393 e. The van der Waals surface area contributed by atoms with E-state index in [1.54, 1.807) is 0 Å². The average Bonchev–Trinajstić information content (AvgIpc) is 2.24. The fraction of sp³-hybridized carbons (Fsp3) is 1.00. The van der Waals surface area contributed by atoms with Gasteiger partial charge in [0.25, 0.3) is 0 Å². The molecular formula is C15H32O. The van der Waals surface area contributed by atoms with Crippen LogP contribution in [0.5, 0.6) is 0 Å². The summed E-state index contributed by atoms with van der Waals surface area (Å²) in [5, 5.41) is 9.29. The van der Waals surface area contributed by atoms with Crippen molar-refractivity contribution in [3.05, 3.63) is 0 Å². The molecule has 0 aromatic heterocycles. The number of hydrogen-bond donors (Lipinski definition) is 1. The van der Waals surface area contributed by atoms with Crippen molar-refractivity contribution < 1.29 is 5.11 Å². The second kappa shape index (κ2) is 9.04. The first-order valence-corrected chi connectivity index (χ1v) is 7.17. The third kappa shape index (κ3) is 7.27. The van der Waals surface area contributed by atoms with Crippen LogP contribution in [0.2, 0.25) is 0 Å². The summed E-state index contributed by atoms with van der Waals surface area (Å²) in [5.74, 6) is 2.36. The van der Waals surface area contributed by atoms with E-state index in [0.717, 1.165) is 30.6 Å². The molecule has 0 aliphatic heterocycles. The van der Waals surface area contributed by atoms with Gasteiger partial charge in [0, 0.05) is 0 Å². The first-order chi connectivity index (χ1) is 7.49. The summed E-state index contributed by atoms with van der Waals surface area (Å²) in [5.41, 5.74) is 0. The van der Waals surface area contributed by atoms with Crippen molar-refractivity contribution >= 4 is 0 Å². The minimum Gasteiger partial charge on any atom is -0.393 e. The molecule has 1 nitrogen and oxygen atoms in total. The molecule has 4 atom stereocenters. The van der Waals surface area contributed by atoms with Crippen LogP contribution in [0.4, 0.5) is 0 Å². The molecule has 0 heterocycles. The van der Waals surface area contributed by atoms with E-state index in [1.165, 1.54) is 25.7 Å². The monoisotopic (exact) mass is 228 g/mol. The van der Waals surface area contributed by atoms with E-state index in [2.05, 4.69) is 27.7 Å². The molecule has 1 heteroatoms. The topological polar surface area (TPSA) is 20.2 Å². The molecule has 0 aliphatic carbocycles. The fourth-order valence-corrected chi connectivity index (χ4v) is 2.31. The van der Waals surface area contributed by atoms with Gasteiger partial charge >= 0.3 is 0 Å². The first-order valence-electron chi connectivity index (χ1n) is 7.17. The Bertz CT molecular complexity index is 154. The number of unbranched alkanes of at least 4 members (excludes halogenated alkanes) is 2. The van der Waals surface area contributed by atoms with Crippen LogP contribution in [0.1, 0.15) is 73.1 Å². The van der Waals surface area contributed by atoms with Crippen LogP contribution in [0.3, 0.4) is 0 Å². The lowest BCUT2D eigenvalue weighted by molar-refractivity contribution is 0.159. The molecule has 0 radical (unpaired) electrons. The van der Waals surface area contributed by atoms with Gasteiger partial charge in [0.1, 0.15) is 0 Å². The van der Waals surface area contributed by atoms with E-state index in [9.17, 15) is 5.11 Å². The molecule has 0 aromatic carbocycles. The Kier molecular flexibility index (Phi) is 9.02. The number of hydrogen-bond acceptors (Lipinski definition) is 1.